The first-order valence-electron chi connectivity index (χ1n) is 7.02. The molecule has 2 rings (SSSR count). The van der Waals surface area contributed by atoms with Crippen molar-refractivity contribution in [2.75, 3.05) is 5.32 Å². The summed E-state index contributed by atoms with van der Waals surface area (Å²) < 4.78 is 0. The van der Waals surface area contributed by atoms with Crippen LogP contribution in [0.25, 0.3) is 0 Å². The highest BCUT2D eigenvalue weighted by Gasteiger charge is 2.17. The van der Waals surface area contributed by atoms with Crippen LogP contribution in [0.3, 0.4) is 0 Å². The second kappa shape index (κ2) is 6.70. The van der Waals surface area contributed by atoms with Gasteiger partial charge in [-0.05, 0) is 38.0 Å². The van der Waals surface area contributed by atoms with Crippen LogP contribution in [-0.4, -0.2) is 22.0 Å². The minimum absolute atomic E-state index is 0.213. The molecule has 1 unspecified atom stereocenters. The molecule has 1 atom stereocenters. The monoisotopic (exact) mass is 318 g/mol. The standard InChI is InChI=1S/C16H18N2O3S/c1-4-13-17-10(3)14(22-13)15(19)18-12-7-5-6-11(8-12)9(2)16(20)21/h5-9H,4H2,1-3H3,(H,18,19)(H,20,21). The maximum absolute atomic E-state index is 12.3. The van der Waals surface area contributed by atoms with E-state index in [4.69, 9.17) is 5.11 Å². The topological polar surface area (TPSA) is 79.3 Å². The van der Waals surface area contributed by atoms with Crippen LogP contribution in [0.5, 0.6) is 0 Å². The Balaban J connectivity index is 2.19. The second-order valence-corrected chi connectivity index (χ2v) is 6.10. The number of nitrogens with one attached hydrogen (secondary N) is 1. The summed E-state index contributed by atoms with van der Waals surface area (Å²) in [6.07, 6.45) is 0.796. The molecule has 0 aliphatic carbocycles. The van der Waals surface area contributed by atoms with Crippen molar-refractivity contribution in [1.82, 2.24) is 4.98 Å². The molecule has 1 heterocycles. The van der Waals surface area contributed by atoms with Crippen molar-refractivity contribution in [3.63, 3.8) is 0 Å². The number of carbonyl (C=O) groups excluding carboxylic acids is 1. The van der Waals surface area contributed by atoms with Crippen LogP contribution in [-0.2, 0) is 11.2 Å². The van der Waals surface area contributed by atoms with Crippen molar-refractivity contribution in [3.8, 4) is 0 Å². The molecule has 0 radical (unpaired) electrons. The number of aliphatic carboxylic acids is 1. The van der Waals surface area contributed by atoms with E-state index < -0.39 is 11.9 Å². The summed E-state index contributed by atoms with van der Waals surface area (Å²) in [7, 11) is 0. The summed E-state index contributed by atoms with van der Waals surface area (Å²) >= 11 is 1.38. The van der Waals surface area contributed by atoms with Crippen molar-refractivity contribution in [2.45, 2.75) is 33.1 Å². The van der Waals surface area contributed by atoms with E-state index in [9.17, 15) is 9.59 Å². The summed E-state index contributed by atoms with van der Waals surface area (Å²) in [5.41, 5.74) is 1.96. The first kappa shape index (κ1) is 16.2. The summed E-state index contributed by atoms with van der Waals surface area (Å²) in [5.74, 6) is -1.72. The number of hydrogen-bond donors (Lipinski definition) is 2. The lowest BCUT2D eigenvalue weighted by atomic mass is 10.0. The van der Waals surface area contributed by atoms with Gasteiger partial charge in [0.05, 0.1) is 16.6 Å². The molecule has 1 amide bonds. The van der Waals surface area contributed by atoms with Crippen LogP contribution < -0.4 is 5.32 Å². The fourth-order valence-electron chi connectivity index (χ4n) is 2.03. The summed E-state index contributed by atoms with van der Waals surface area (Å²) in [6, 6.07) is 6.91. The molecule has 116 valence electrons. The zero-order valence-corrected chi connectivity index (χ0v) is 13.5. The van der Waals surface area contributed by atoms with Gasteiger partial charge in [0.1, 0.15) is 4.88 Å². The zero-order chi connectivity index (χ0) is 16.3. The van der Waals surface area contributed by atoms with Gasteiger partial charge in [-0.15, -0.1) is 11.3 Å². The molecular weight excluding hydrogens is 300 g/mol. The van der Waals surface area contributed by atoms with Crippen LogP contribution in [0.1, 0.15) is 45.7 Å². The summed E-state index contributed by atoms with van der Waals surface area (Å²) in [6.45, 7) is 5.42. The molecule has 0 saturated heterocycles. The number of aromatic nitrogens is 1. The Morgan fingerprint density at radius 2 is 2.14 bits per heavy atom. The first-order valence-corrected chi connectivity index (χ1v) is 7.84. The SMILES string of the molecule is CCc1nc(C)c(C(=O)Nc2cccc(C(C)C(=O)O)c2)s1. The fourth-order valence-corrected chi connectivity index (χ4v) is 2.93. The van der Waals surface area contributed by atoms with Gasteiger partial charge in [-0.2, -0.15) is 0 Å². The number of carbonyl (C=O) groups is 2. The predicted octanol–water partition coefficient (Wildman–Crippen LogP) is 3.45. The van der Waals surface area contributed by atoms with Crippen molar-refractivity contribution >= 4 is 28.9 Å². The number of aryl methyl sites for hydroxylation is 2. The number of benzene rings is 1. The molecule has 2 aromatic rings. The molecule has 1 aromatic heterocycles. The number of thiazole rings is 1. The third-order valence-electron chi connectivity index (χ3n) is 3.36. The number of nitrogens with zero attached hydrogens (tertiary/aromatic N) is 1. The van der Waals surface area contributed by atoms with E-state index in [-0.39, 0.29) is 5.91 Å². The highest BCUT2D eigenvalue weighted by molar-refractivity contribution is 7.13. The molecule has 5 nitrogen and oxygen atoms in total. The minimum Gasteiger partial charge on any atom is -0.481 e. The van der Waals surface area contributed by atoms with Crippen LogP contribution in [0.15, 0.2) is 24.3 Å². The highest BCUT2D eigenvalue weighted by atomic mass is 32.1. The number of rotatable bonds is 5. The van der Waals surface area contributed by atoms with Gasteiger partial charge in [0, 0.05) is 5.69 Å². The lowest BCUT2D eigenvalue weighted by Crippen LogP contribution is -2.12. The number of carboxylic acids is 1. The molecule has 1 aromatic carbocycles. The molecular formula is C16H18N2O3S. The lowest BCUT2D eigenvalue weighted by molar-refractivity contribution is -0.138. The molecule has 6 heteroatoms. The largest absolute Gasteiger partial charge is 0.481 e. The highest BCUT2D eigenvalue weighted by Crippen LogP contribution is 2.22. The molecule has 2 N–H and O–H groups in total. The van der Waals surface area contributed by atoms with E-state index in [0.717, 1.165) is 17.1 Å². The van der Waals surface area contributed by atoms with E-state index in [1.54, 1.807) is 31.2 Å². The fraction of sp³-hybridized carbons (Fsp3) is 0.312. The summed E-state index contributed by atoms with van der Waals surface area (Å²) in [4.78, 5) is 28.3. The van der Waals surface area contributed by atoms with E-state index in [2.05, 4.69) is 10.3 Å². The minimum atomic E-state index is -0.894. The van der Waals surface area contributed by atoms with Crippen molar-refractivity contribution in [2.24, 2.45) is 0 Å². The molecule has 0 spiro atoms. The quantitative estimate of drug-likeness (QED) is 0.885. The van der Waals surface area contributed by atoms with Gasteiger partial charge in [-0.25, -0.2) is 4.98 Å². The molecule has 0 aliphatic heterocycles. The van der Waals surface area contributed by atoms with Gasteiger partial charge < -0.3 is 10.4 Å². The normalized spacial score (nSPS) is 12.0. The van der Waals surface area contributed by atoms with Gasteiger partial charge >= 0.3 is 5.97 Å². The van der Waals surface area contributed by atoms with Crippen LogP contribution in [0.4, 0.5) is 5.69 Å². The number of anilines is 1. The van der Waals surface area contributed by atoms with Crippen molar-refractivity contribution in [3.05, 3.63) is 45.4 Å². The van der Waals surface area contributed by atoms with Gasteiger partial charge in [0.15, 0.2) is 0 Å². The molecule has 0 aliphatic rings. The third-order valence-corrected chi connectivity index (χ3v) is 4.67. The predicted molar refractivity (Wildman–Crippen MR) is 86.7 cm³/mol. The van der Waals surface area contributed by atoms with Crippen LogP contribution in [0, 0.1) is 6.92 Å². The van der Waals surface area contributed by atoms with Gasteiger partial charge in [0.2, 0.25) is 0 Å². The van der Waals surface area contributed by atoms with Crippen LogP contribution >= 0.6 is 11.3 Å². The van der Waals surface area contributed by atoms with Crippen molar-refractivity contribution in [1.29, 1.82) is 0 Å². The Kier molecular flexibility index (Phi) is 4.92. The van der Waals surface area contributed by atoms with E-state index >= 15 is 0 Å². The van der Waals surface area contributed by atoms with E-state index in [1.165, 1.54) is 11.3 Å². The Bertz CT molecular complexity index is 709. The Morgan fingerprint density at radius 3 is 2.73 bits per heavy atom. The van der Waals surface area contributed by atoms with Gasteiger partial charge in [-0.3, -0.25) is 9.59 Å². The van der Waals surface area contributed by atoms with Gasteiger partial charge in [0.25, 0.3) is 5.91 Å². The lowest BCUT2D eigenvalue weighted by Gasteiger charge is -2.09. The molecule has 0 saturated carbocycles. The smallest absolute Gasteiger partial charge is 0.310 e. The van der Waals surface area contributed by atoms with Gasteiger partial charge in [-0.1, -0.05) is 19.1 Å². The molecule has 0 bridgehead atoms. The number of hydrogen-bond acceptors (Lipinski definition) is 4. The van der Waals surface area contributed by atoms with Crippen molar-refractivity contribution < 1.29 is 14.7 Å². The average Bonchev–Trinajstić information content (AvgIpc) is 2.88. The van der Waals surface area contributed by atoms with Crippen LogP contribution in [0.2, 0.25) is 0 Å². The van der Waals surface area contributed by atoms with E-state index in [0.29, 0.717) is 16.1 Å². The molecule has 22 heavy (non-hydrogen) atoms. The Labute approximate surface area is 133 Å². The van der Waals surface area contributed by atoms with E-state index in [1.807, 2.05) is 13.8 Å². The average molecular weight is 318 g/mol. The number of carboxylic acid groups (broad SMARTS) is 1. The second-order valence-electron chi connectivity index (χ2n) is 5.02. The zero-order valence-electron chi connectivity index (χ0n) is 12.7. The maximum Gasteiger partial charge on any atom is 0.310 e. The number of amides is 1. The molecule has 0 fully saturated rings. The third kappa shape index (κ3) is 3.51. The summed E-state index contributed by atoms with van der Waals surface area (Å²) in [5, 5.41) is 12.8. The first-order chi connectivity index (χ1) is 10.4. The Hall–Kier alpha value is -2.21. The maximum atomic E-state index is 12.3. The Morgan fingerprint density at radius 1 is 1.41 bits per heavy atom.